The van der Waals surface area contributed by atoms with Crippen molar-refractivity contribution in [1.29, 1.82) is 0 Å². The molecule has 6 heteroatoms. The van der Waals surface area contributed by atoms with Crippen LogP contribution in [0.1, 0.15) is 5.56 Å². The first-order valence-electron chi connectivity index (χ1n) is 5.44. The SMILES string of the molecule is COc1cc(N)cc(CN2C(=O)COCC2=O)c1. The quantitative estimate of drug-likeness (QED) is 0.610. The Bertz CT molecular complexity index is 471. The van der Waals surface area contributed by atoms with E-state index in [1.165, 1.54) is 7.11 Å². The van der Waals surface area contributed by atoms with Crippen molar-refractivity contribution in [1.82, 2.24) is 4.90 Å². The second kappa shape index (κ2) is 5.05. The van der Waals surface area contributed by atoms with Gasteiger partial charge in [-0.2, -0.15) is 0 Å². The monoisotopic (exact) mass is 250 g/mol. The highest BCUT2D eigenvalue weighted by Crippen LogP contribution is 2.20. The predicted octanol–water partition coefficient (Wildman–Crippen LogP) is 0.163. The molecule has 1 aromatic carbocycles. The number of methoxy groups -OCH3 is 1. The summed E-state index contributed by atoms with van der Waals surface area (Å²) in [6.07, 6.45) is 0. The van der Waals surface area contributed by atoms with Crippen LogP contribution >= 0.6 is 0 Å². The number of ether oxygens (including phenoxy) is 2. The lowest BCUT2D eigenvalue weighted by Crippen LogP contribution is -2.45. The minimum absolute atomic E-state index is 0.0643. The number of hydrogen-bond acceptors (Lipinski definition) is 5. The van der Waals surface area contributed by atoms with E-state index in [0.717, 1.165) is 10.5 Å². The van der Waals surface area contributed by atoms with Gasteiger partial charge in [0, 0.05) is 11.8 Å². The average Bonchev–Trinajstić information content (AvgIpc) is 2.33. The standard InChI is InChI=1S/C12H14N2O4/c1-17-10-3-8(2-9(13)4-10)5-14-11(15)6-18-7-12(14)16/h2-4H,5-7,13H2,1H3. The van der Waals surface area contributed by atoms with E-state index in [9.17, 15) is 9.59 Å². The van der Waals surface area contributed by atoms with E-state index in [4.69, 9.17) is 15.2 Å². The summed E-state index contributed by atoms with van der Waals surface area (Å²) in [4.78, 5) is 24.3. The molecule has 2 rings (SSSR count). The zero-order valence-electron chi connectivity index (χ0n) is 10.0. The summed E-state index contributed by atoms with van der Waals surface area (Å²) in [5.74, 6) is -0.0848. The van der Waals surface area contributed by atoms with Gasteiger partial charge in [0.1, 0.15) is 19.0 Å². The maximum atomic E-state index is 11.6. The molecule has 0 aliphatic carbocycles. The third-order valence-electron chi connectivity index (χ3n) is 2.62. The van der Waals surface area contributed by atoms with Gasteiger partial charge in [0.15, 0.2) is 0 Å². The summed E-state index contributed by atoms with van der Waals surface area (Å²) < 4.78 is 9.93. The summed E-state index contributed by atoms with van der Waals surface area (Å²) in [5, 5.41) is 0. The molecule has 0 atom stereocenters. The molecule has 1 saturated heterocycles. The molecule has 0 bridgehead atoms. The molecule has 2 amide bonds. The van der Waals surface area contributed by atoms with E-state index in [-0.39, 0.29) is 31.6 Å². The molecule has 96 valence electrons. The Balaban J connectivity index is 2.19. The van der Waals surface area contributed by atoms with Crippen molar-refractivity contribution in [2.24, 2.45) is 0 Å². The number of benzene rings is 1. The largest absolute Gasteiger partial charge is 0.497 e. The molecule has 0 saturated carbocycles. The number of carbonyl (C=O) groups excluding carboxylic acids is 2. The highest BCUT2D eigenvalue weighted by Gasteiger charge is 2.26. The van der Waals surface area contributed by atoms with Crippen LogP contribution in [0, 0.1) is 0 Å². The van der Waals surface area contributed by atoms with E-state index >= 15 is 0 Å². The van der Waals surface area contributed by atoms with Crippen molar-refractivity contribution in [3.05, 3.63) is 23.8 Å². The van der Waals surface area contributed by atoms with Gasteiger partial charge in [0.2, 0.25) is 0 Å². The molecule has 0 spiro atoms. The van der Waals surface area contributed by atoms with Gasteiger partial charge >= 0.3 is 0 Å². The van der Waals surface area contributed by atoms with Crippen LogP contribution < -0.4 is 10.5 Å². The van der Waals surface area contributed by atoms with E-state index in [0.29, 0.717) is 11.4 Å². The molecule has 0 aromatic heterocycles. The third kappa shape index (κ3) is 2.60. The molecule has 0 unspecified atom stereocenters. The van der Waals surface area contributed by atoms with Crippen LogP contribution in [0.25, 0.3) is 0 Å². The fourth-order valence-electron chi connectivity index (χ4n) is 1.77. The maximum Gasteiger partial charge on any atom is 0.255 e. The summed E-state index contributed by atoms with van der Waals surface area (Å²) >= 11 is 0. The molecule has 1 aliphatic rings. The number of imide groups is 1. The maximum absolute atomic E-state index is 11.6. The van der Waals surface area contributed by atoms with Crippen LogP contribution in [-0.4, -0.2) is 37.0 Å². The Kier molecular flexibility index (Phi) is 3.47. The van der Waals surface area contributed by atoms with Crippen LogP contribution in [0.3, 0.4) is 0 Å². The minimum atomic E-state index is -0.340. The molecular formula is C12H14N2O4. The number of amides is 2. The van der Waals surface area contributed by atoms with Gasteiger partial charge in [0.25, 0.3) is 11.8 Å². The second-order valence-corrected chi connectivity index (χ2v) is 3.98. The van der Waals surface area contributed by atoms with Gasteiger partial charge in [0.05, 0.1) is 13.7 Å². The number of hydrogen-bond donors (Lipinski definition) is 1. The Hall–Kier alpha value is -2.08. The van der Waals surface area contributed by atoms with Crippen molar-refractivity contribution < 1.29 is 19.1 Å². The fourth-order valence-corrected chi connectivity index (χ4v) is 1.77. The molecule has 1 heterocycles. The van der Waals surface area contributed by atoms with Crippen LogP contribution in [0.4, 0.5) is 5.69 Å². The number of nitrogens with two attached hydrogens (primary N) is 1. The summed E-state index contributed by atoms with van der Waals surface area (Å²) in [6, 6.07) is 5.12. The Morgan fingerprint density at radius 2 is 1.94 bits per heavy atom. The highest BCUT2D eigenvalue weighted by atomic mass is 16.5. The Morgan fingerprint density at radius 1 is 1.28 bits per heavy atom. The van der Waals surface area contributed by atoms with Crippen LogP contribution in [0.2, 0.25) is 0 Å². The molecular weight excluding hydrogens is 236 g/mol. The second-order valence-electron chi connectivity index (χ2n) is 3.98. The molecule has 2 N–H and O–H groups in total. The van der Waals surface area contributed by atoms with Crippen LogP contribution in [0.15, 0.2) is 18.2 Å². The number of nitrogens with zero attached hydrogens (tertiary/aromatic N) is 1. The molecule has 6 nitrogen and oxygen atoms in total. The van der Waals surface area contributed by atoms with Crippen molar-refractivity contribution in [2.45, 2.75) is 6.54 Å². The molecule has 1 aliphatic heterocycles. The van der Waals surface area contributed by atoms with Gasteiger partial charge in [-0.3, -0.25) is 14.5 Å². The molecule has 1 aromatic rings. The smallest absolute Gasteiger partial charge is 0.255 e. The normalized spacial score (nSPS) is 15.9. The Morgan fingerprint density at radius 3 is 2.56 bits per heavy atom. The number of anilines is 1. The molecule has 18 heavy (non-hydrogen) atoms. The van der Waals surface area contributed by atoms with Crippen LogP contribution in [-0.2, 0) is 20.9 Å². The van der Waals surface area contributed by atoms with Crippen LogP contribution in [0.5, 0.6) is 5.75 Å². The third-order valence-corrected chi connectivity index (χ3v) is 2.62. The van der Waals surface area contributed by atoms with Gasteiger partial charge in [-0.15, -0.1) is 0 Å². The zero-order chi connectivity index (χ0) is 13.1. The van der Waals surface area contributed by atoms with E-state index < -0.39 is 0 Å². The zero-order valence-corrected chi connectivity index (χ0v) is 10.0. The lowest BCUT2D eigenvalue weighted by atomic mass is 10.1. The molecule has 1 fully saturated rings. The average molecular weight is 250 g/mol. The predicted molar refractivity (Wildman–Crippen MR) is 63.8 cm³/mol. The fraction of sp³-hybridized carbons (Fsp3) is 0.333. The lowest BCUT2D eigenvalue weighted by Gasteiger charge is -2.25. The van der Waals surface area contributed by atoms with Gasteiger partial charge in [-0.25, -0.2) is 0 Å². The minimum Gasteiger partial charge on any atom is -0.497 e. The van der Waals surface area contributed by atoms with Crippen molar-refractivity contribution in [2.75, 3.05) is 26.1 Å². The molecule has 0 radical (unpaired) electrons. The van der Waals surface area contributed by atoms with Gasteiger partial charge < -0.3 is 15.2 Å². The first kappa shape index (κ1) is 12.4. The van der Waals surface area contributed by atoms with Crippen molar-refractivity contribution in [3.8, 4) is 5.75 Å². The number of nitrogen functional groups attached to an aromatic ring is 1. The summed E-state index contributed by atoms with van der Waals surface area (Å²) in [7, 11) is 1.53. The van der Waals surface area contributed by atoms with E-state index in [2.05, 4.69) is 0 Å². The van der Waals surface area contributed by atoms with Gasteiger partial charge in [-0.05, 0) is 17.7 Å². The Labute approximate surface area is 104 Å². The number of rotatable bonds is 3. The number of morpholine rings is 1. The first-order valence-corrected chi connectivity index (χ1v) is 5.44. The van der Waals surface area contributed by atoms with E-state index in [1.54, 1.807) is 18.2 Å². The van der Waals surface area contributed by atoms with Gasteiger partial charge in [-0.1, -0.05) is 0 Å². The van der Waals surface area contributed by atoms with Crippen molar-refractivity contribution >= 4 is 17.5 Å². The summed E-state index contributed by atoms with van der Waals surface area (Å²) in [6.45, 7) is 0.0544. The van der Waals surface area contributed by atoms with E-state index in [1.807, 2.05) is 0 Å². The first-order chi connectivity index (χ1) is 8.60. The summed E-state index contributed by atoms with van der Waals surface area (Å²) in [5.41, 5.74) is 6.99. The van der Waals surface area contributed by atoms with Crippen molar-refractivity contribution in [3.63, 3.8) is 0 Å². The number of carbonyl (C=O) groups is 2. The highest BCUT2D eigenvalue weighted by molar-refractivity contribution is 5.98. The lowest BCUT2D eigenvalue weighted by molar-refractivity contribution is -0.159. The topological polar surface area (TPSA) is 81.9 Å².